The quantitative estimate of drug-likeness (QED) is 0.276. The van der Waals surface area contributed by atoms with Gasteiger partial charge in [-0.05, 0) is 38.3 Å². The molecule has 46 heavy (non-hydrogen) atoms. The van der Waals surface area contributed by atoms with E-state index in [1.165, 1.54) is 20.5 Å². The van der Waals surface area contributed by atoms with Crippen molar-refractivity contribution in [2.75, 3.05) is 39.3 Å². The van der Waals surface area contributed by atoms with Crippen LogP contribution in [-0.4, -0.2) is 115 Å². The zero-order chi connectivity index (χ0) is 32.8. The zero-order valence-electron chi connectivity index (χ0n) is 25.2. The van der Waals surface area contributed by atoms with Crippen molar-refractivity contribution in [2.45, 2.75) is 44.7 Å². The summed E-state index contributed by atoms with van der Waals surface area (Å²) in [5.74, 6) is -1.99. The van der Waals surface area contributed by atoms with Crippen LogP contribution in [0.4, 0.5) is 4.79 Å². The number of para-hydroxylation sites is 1. The van der Waals surface area contributed by atoms with Gasteiger partial charge >= 0.3 is 12.1 Å². The highest BCUT2D eigenvalue weighted by atomic mass is 16.5. The first-order valence-corrected chi connectivity index (χ1v) is 14.9. The number of nitrogens with zero attached hydrogens (tertiary/aromatic N) is 6. The Bertz CT molecular complexity index is 1580. The van der Waals surface area contributed by atoms with Gasteiger partial charge in [0.05, 0.1) is 17.4 Å². The maximum absolute atomic E-state index is 13.4. The van der Waals surface area contributed by atoms with Crippen molar-refractivity contribution in [1.29, 1.82) is 0 Å². The number of aromatic nitrogens is 3. The van der Waals surface area contributed by atoms with Crippen molar-refractivity contribution in [3.63, 3.8) is 0 Å². The van der Waals surface area contributed by atoms with Crippen molar-refractivity contribution in [2.24, 2.45) is 0 Å². The third kappa shape index (κ3) is 7.44. The van der Waals surface area contributed by atoms with Gasteiger partial charge in [0.25, 0.3) is 11.8 Å². The van der Waals surface area contributed by atoms with Gasteiger partial charge in [0.2, 0.25) is 11.8 Å². The van der Waals surface area contributed by atoms with Crippen LogP contribution in [0.15, 0.2) is 47.0 Å². The van der Waals surface area contributed by atoms with E-state index in [0.717, 1.165) is 18.5 Å². The molecule has 2 aliphatic heterocycles. The molecule has 1 aromatic carbocycles. The van der Waals surface area contributed by atoms with Crippen LogP contribution in [0.3, 0.4) is 0 Å². The van der Waals surface area contributed by atoms with Crippen LogP contribution in [0.1, 0.15) is 53.7 Å². The van der Waals surface area contributed by atoms with Crippen LogP contribution in [0.25, 0.3) is 5.69 Å². The summed E-state index contributed by atoms with van der Waals surface area (Å²) in [6.07, 6.45) is -0.144. The molecule has 4 amide bonds. The van der Waals surface area contributed by atoms with E-state index in [9.17, 15) is 34.2 Å². The average molecular weight is 638 g/mol. The van der Waals surface area contributed by atoms with Crippen LogP contribution < -0.4 is 10.1 Å². The van der Waals surface area contributed by atoms with Gasteiger partial charge in [-0.2, -0.15) is 5.10 Å². The molecule has 2 fully saturated rings. The lowest BCUT2D eigenvalue weighted by atomic mass is 10.1. The Labute approximate surface area is 263 Å². The number of benzene rings is 1. The normalized spacial score (nSPS) is 17.1. The number of carboxylic acids is 1. The summed E-state index contributed by atoms with van der Waals surface area (Å²) < 4.78 is 12.7. The fraction of sp³-hybridized carbons (Fsp3) is 0.433. The van der Waals surface area contributed by atoms with Gasteiger partial charge < -0.3 is 39.5 Å². The predicted molar refractivity (Wildman–Crippen MR) is 158 cm³/mol. The highest BCUT2D eigenvalue weighted by Gasteiger charge is 2.34. The smallest absolute Gasteiger partial charge is 0.407 e. The second-order valence-corrected chi connectivity index (χ2v) is 11.1. The van der Waals surface area contributed by atoms with Gasteiger partial charge in [0.15, 0.2) is 18.1 Å². The summed E-state index contributed by atoms with van der Waals surface area (Å²) in [6.45, 7) is 2.39. The Kier molecular flexibility index (Phi) is 9.83. The van der Waals surface area contributed by atoms with Crippen LogP contribution in [0.5, 0.6) is 5.88 Å². The van der Waals surface area contributed by atoms with Gasteiger partial charge in [0.1, 0.15) is 6.04 Å². The lowest BCUT2D eigenvalue weighted by Crippen LogP contribution is -2.55. The molecule has 3 N–H and O–H groups in total. The van der Waals surface area contributed by atoms with Crippen molar-refractivity contribution in [3.8, 4) is 11.6 Å². The Morgan fingerprint density at radius 2 is 1.74 bits per heavy atom. The lowest BCUT2D eigenvalue weighted by Gasteiger charge is -2.35. The van der Waals surface area contributed by atoms with E-state index in [2.05, 4.69) is 15.6 Å². The number of carboxylic acid groups (broad SMARTS) is 2. The molecule has 2 unspecified atom stereocenters. The largest absolute Gasteiger partial charge is 0.481 e. The minimum absolute atomic E-state index is 0.0950. The SMILES string of the molecule is Cc1cc(C2CCCN2C(=O)COc2cc(C(=O)NC(CCC(=O)O)C(=O)N3CCN(C(=O)O)CC3)nn2-c2ccccc2)on1. The number of nitrogens with one attached hydrogen (secondary N) is 1. The van der Waals surface area contributed by atoms with Crippen molar-refractivity contribution >= 4 is 29.8 Å². The highest BCUT2D eigenvalue weighted by Crippen LogP contribution is 2.32. The maximum Gasteiger partial charge on any atom is 0.407 e. The first-order chi connectivity index (χ1) is 22.1. The van der Waals surface area contributed by atoms with E-state index >= 15 is 0 Å². The summed E-state index contributed by atoms with van der Waals surface area (Å²) in [5.41, 5.74) is 1.15. The minimum atomic E-state index is -1.19. The number of hydrogen-bond donors (Lipinski definition) is 3. The molecule has 16 heteroatoms. The predicted octanol–water partition coefficient (Wildman–Crippen LogP) is 1.70. The van der Waals surface area contributed by atoms with Gasteiger partial charge in [0, 0.05) is 51.3 Å². The molecule has 2 saturated heterocycles. The molecule has 0 bridgehead atoms. The Balaban J connectivity index is 1.31. The van der Waals surface area contributed by atoms with Crippen molar-refractivity contribution < 1.29 is 43.4 Å². The monoisotopic (exact) mass is 637 g/mol. The topological polar surface area (TPSA) is 201 Å². The van der Waals surface area contributed by atoms with Gasteiger partial charge in [-0.25, -0.2) is 9.48 Å². The molecule has 0 saturated carbocycles. The average Bonchev–Trinajstić information content (AvgIpc) is 3.82. The summed E-state index contributed by atoms with van der Waals surface area (Å²) in [4.78, 5) is 66.9. The first-order valence-electron chi connectivity index (χ1n) is 14.9. The number of aliphatic carboxylic acids is 1. The summed E-state index contributed by atoms with van der Waals surface area (Å²) in [7, 11) is 0. The second-order valence-electron chi connectivity index (χ2n) is 11.1. The number of amides is 4. The number of carbonyl (C=O) groups is 5. The molecular formula is C30H35N7O9. The third-order valence-electron chi connectivity index (χ3n) is 7.91. The lowest BCUT2D eigenvalue weighted by molar-refractivity contribution is -0.138. The number of ether oxygens (including phenoxy) is 1. The number of aryl methyl sites for hydroxylation is 1. The minimum Gasteiger partial charge on any atom is -0.481 e. The fourth-order valence-electron chi connectivity index (χ4n) is 5.55. The van der Waals surface area contributed by atoms with Crippen LogP contribution >= 0.6 is 0 Å². The van der Waals surface area contributed by atoms with E-state index < -0.39 is 29.9 Å². The summed E-state index contributed by atoms with van der Waals surface area (Å²) in [6, 6.07) is 10.5. The molecule has 2 aromatic heterocycles. The van der Waals surface area contributed by atoms with Gasteiger partial charge in [-0.3, -0.25) is 19.2 Å². The molecule has 2 atom stereocenters. The highest BCUT2D eigenvalue weighted by molar-refractivity contribution is 5.96. The van der Waals surface area contributed by atoms with Crippen LogP contribution in [0.2, 0.25) is 0 Å². The molecule has 0 radical (unpaired) electrons. The van der Waals surface area contributed by atoms with E-state index in [0.29, 0.717) is 18.0 Å². The number of rotatable bonds is 11. The summed E-state index contributed by atoms with van der Waals surface area (Å²) >= 11 is 0. The van der Waals surface area contributed by atoms with Gasteiger partial charge in [-0.1, -0.05) is 23.4 Å². The van der Waals surface area contributed by atoms with Crippen molar-refractivity contribution in [3.05, 3.63) is 59.6 Å². The number of likely N-dealkylation sites (tertiary alicyclic amines) is 1. The first kappa shape index (κ1) is 32.0. The van der Waals surface area contributed by atoms with E-state index in [4.69, 9.17) is 9.26 Å². The molecule has 4 heterocycles. The van der Waals surface area contributed by atoms with Gasteiger partial charge in [-0.15, -0.1) is 0 Å². The fourth-order valence-corrected chi connectivity index (χ4v) is 5.55. The van der Waals surface area contributed by atoms with E-state index in [-0.39, 0.29) is 69.2 Å². The zero-order valence-corrected chi connectivity index (χ0v) is 25.2. The molecule has 3 aromatic rings. The third-order valence-corrected chi connectivity index (χ3v) is 7.91. The molecule has 2 aliphatic rings. The molecule has 0 aliphatic carbocycles. The van der Waals surface area contributed by atoms with Crippen LogP contribution in [-0.2, 0) is 14.4 Å². The Morgan fingerprint density at radius 1 is 1.02 bits per heavy atom. The maximum atomic E-state index is 13.4. The molecule has 0 spiro atoms. The molecule has 244 valence electrons. The molecule has 16 nitrogen and oxygen atoms in total. The van der Waals surface area contributed by atoms with Crippen LogP contribution in [0, 0.1) is 6.92 Å². The second kappa shape index (κ2) is 14.1. The summed E-state index contributed by atoms with van der Waals surface area (Å²) in [5, 5.41) is 29.4. The Hall–Kier alpha value is -5.41. The standard InChI is InChI=1S/C30H35N7O9/c1-19-16-24(46-33-19)23-8-5-11-36(23)25(38)18-45-26-17-22(32-37(26)20-6-3-2-4-7-20)28(41)31-21(9-10-27(39)40)29(42)34-12-14-35(15-13-34)30(43)44/h2-4,6-7,16-17,21,23H,5,8-15,18H2,1H3,(H,31,41)(H,39,40)(H,43,44). The number of carbonyl (C=O) groups excluding carboxylic acids is 3. The van der Waals surface area contributed by atoms with E-state index in [1.54, 1.807) is 41.3 Å². The molecular weight excluding hydrogens is 602 g/mol. The van der Waals surface area contributed by atoms with E-state index in [1.807, 2.05) is 6.92 Å². The number of piperazine rings is 1. The molecule has 5 rings (SSSR count). The number of hydrogen-bond acceptors (Lipinski definition) is 9. The Morgan fingerprint density at radius 3 is 2.39 bits per heavy atom. The van der Waals surface area contributed by atoms with Crippen molar-refractivity contribution in [1.82, 2.24) is 35.0 Å².